The molecule has 2 atom stereocenters. The molecule has 32 heavy (non-hydrogen) atoms. The summed E-state index contributed by atoms with van der Waals surface area (Å²) in [5, 5.41) is 2.94. The maximum Gasteiger partial charge on any atom is 0.242 e. The Morgan fingerprint density at radius 1 is 1.00 bits per heavy atom. The monoisotopic (exact) mass is 444 g/mol. The Kier molecular flexibility index (Phi) is 9.50. The van der Waals surface area contributed by atoms with Crippen molar-refractivity contribution in [3.8, 4) is 11.5 Å². The number of rotatable bonds is 11. The highest BCUT2D eigenvalue weighted by Gasteiger charge is 2.26. The number of aryl methyl sites for hydroxylation is 1. The molecule has 0 heterocycles. The lowest BCUT2D eigenvalue weighted by Gasteiger charge is -2.30. The quantitative estimate of drug-likeness (QED) is 0.566. The van der Waals surface area contributed by atoms with Gasteiger partial charge in [0.15, 0.2) is 11.5 Å². The molecule has 0 aliphatic carbocycles. The van der Waals surface area contributed by atoms with Crippen molar-refractivity contribution in [1.29, 1.82) is 0 Å². The number of methoxy groups -OCH3 is 2. The first-order valence-electron chi connectivity index (χ1n) is 10.8. The number of carbonyl (C=O) groups is 2. The Morgan fingerprint density at radius 2 is 1.62 bits per heavy atom. The zero-order valence-corrected chi connectivity index (χ0v) is 19.5. The molecule has 0 spiro atoms. The number of carbonyl (C=O) groups excluding carboxylic acids is 2. The summed E-state index contributed by atoms with van der Waals surface area (Å²) < 4.78 is 23.9. The zero-order chi connectivity index (χ0) is 23.7. The largest absolute Gasteiger partial charge is 0.493 e. The van der Waals surface area contributed by atoms with Gasteiger partial charge in [-0.25, -0.2) is 4.39 Å². The van der Waals surface area contributed by atoms with Crippen molar-refractivity contribution in [2.75, 3.05) is 14.2 Å². The highest BCUT2D eigenvalue weighted by molar-refractivity contribution is 5.87. The van der Waals surface area contributed by atoms with Crippen LogP contribution in [-0.4, -0.2) is 43.0 Å². The number of benzene rings is 2. The fraction of sp³-hybridized carbons (Fsp3) is 0.440. The van der Waals surface area contributed by atoms with Crippen LogP contribution in [0.4, 0.5) is 4.39 Å². The number of ether oxygens (including phenoxy) is 2. The highest BCUT2D eigenvalue weighted by atomic mass is 19.1. The number of nitrogens with one attached hydrogen (secondary N) is 1. The summed E-state index contributed by atoms with van der Waals surface area (Å²) in [4.78, 5) is 27.5. The minimum absolute atomic E-state index is 0.0134. The van der Waals surface area contributed by atoms with Crippen molar-refractivity contribution in [2.45, 2.75) is 58.7 Å². The van der Waals surface area contributed by atoms with Gasteiger partial charge in [-0.3, -0.25) is 9.59 Å². The van der Waals surface area contributed by atoms with Crippen molar-refractivity contribution >= 4 is 11.8 Å². The molecule has 0 bridgehead atoms. The predicted molar refractivity (Wildman–Crippen MR) is 122 cm³/mol. The summed E-state index contributed by atoms with van der Waals surface area (Å²) in [6.45, 7) is 5.85. The molecular weight excluding hydrogens is 411 g/mol. The predicted octanol–water partition coefficient (Wildman–Crippen LogP) is 4.11. The fourth-order valence-electron chi connectivity index (χ4n) is 3.27. The van der Waals surface area contributed by atoms with E-state index >= 15 is 0 Å². The van der Waals surface area contributed by atoms with E-state index in [1.807, 2.05) is 26.0 Å². The summed E-state index contributed by atoms with van der Waals surface area (Å²) >= 11 is 0. The molecule has 2 aromatic carbocycles. The van der Waals surface area contributed by atoms with Crippen LogP contribution in [0.2, 0.25) is 0 Å². The molecule has 7 heteroatoms. The molecule has 2 rings (SSSR count). The molecule has 0 saturated carbocycles. The Balaban J connectivity index is 2.17. The topological polar surface area (TPSA) is 67.9 Å². The van der Waals surface area contributed by atoms with Gasteiger partial charge in [-0.15, -0.1) is 0 Å². The number of amides is 2. The second-order valence-electron chi connectivity index (χ2n) is 7.83. The normalized spacial score (nSPS) is 12.6. The van der Waals surface area contributed by atoms with Gasteiger partial charge in [-0.1, -0.05) is 25.1 Å². The lowest BCUT2D eigenvalue weighted by Crippen LogP contribution is -2.49. The second kappa shape index (κ2) is 12.1. The molecule has 1 N–H and O–H groups in total. The number of hydrogen-bond acceptors (Lipinski definition) is 4. The van der Waals surface area contributed by atoms with Crippen molar-refractivity contribution in [3.05, 3.63) is 59.4 Å². The van der Waals surface area contributed by atoms with E-state index in [0.29, 0.717) is 17.9 Å². The minimum atomic E-state index is -0.660. The van der Waals surface area contributed by atoms with Gasteiger partial charge >= 0.3 is 0 Å². The van der Waals surface area contributed by atoms with E-state index in [0.717, 1.165) is 17.5 Å². The molecule has 0 radical (unpaired) electrons. The van der Waals surface area contributed by atoms with E-state index in [-0.39, 0.29) is 36.6 Å². The maximum absolute atomic E-state index is 13.3. The first-order chi connectivity index (χ1) is 15.3. The SMILES string of the molecule is CC[C@@H](C)NC(=O)[C@H](C)N(Cc1ccc(F)cc1)C(=O)CCc1ccc(OC)c(OC)c1. The van der Waals surface area contributed by atoms with Crippen LogP contribution < -0.4 is 14.8 Å². The molecule has 174 valence electrons. The van der Waals surface area contributed by atoms with Gasteiger partial charge in [0.1, 0.15) is 11.9 Å². The summed E-state index contributed by atoms with van der Waals surface area (Å²) in [5.74, 6) is 0.511. The summed E-state index contributed by atoms with van der Waals surface area (Å²) in [7, 11) is 3.13. The molecule has 6 nitrogen and oxygen atoms in total. The number of nitrogens with zero attached hydrogens (tertiary/aromatic N) is 1. The van der Waals surface area contributed by atoms with E-state index in [2.05, 4.69) is 5.32 Å². The van der Waals surface area contributed by atoms with Crippen molar-refractivity contribution in [1.82, 2.24) is 10.2 Å². The van der Waals surface area contributed by atoms with Gasteiger partial charge in [0.25, 0.3) is 0 Å². The van der Waals surface area contributed by atoms with Gasteiger partial charge < -0.3 is 19.7 Å². The van der Waals surface area contributed by atoms with Crippen LogP contribution in [0, 0.1) is 5.82 Å². The third-order valence-corrected chi connectivity index (χ3v) is 5.51. The van der Waals surface area contributed by atoms with Crippen LogP contribution in [0.15, 0.2) is 42.5 Å². The Morgan fingerprint density at radius 3 is 2.22 bits per heavy atom. The molecule has 0 saturated heterocycles. The maximum atomic E-state index is 13.3. The smallest absolute Gasteiger partial charge is 0.242 e. The molecule has 0 fully saturated rings. The third kappa shape index (κ3) is 6.97. The van der Waals surface area contributed by atoms with Crippen molar-refractivity contribution in [2.24, 2.45) is 0 Å². The van der Waals surface area contributed by atoms with Crippen LogP contribution in [0.3, 0.4) is 0 Å². The third-order valence-electron chi connectivity index (χ3n) is 5.51. The minimum Gasteiger partial charge on any atom is -0.493 e. The molecule has 0 aliphatic heterocycles. The van der Waals surface area contributed by atoms with Gasteiger partial charge in [0, 0.05) is 19.0 Å². The van der Waals surface area contributed by atoms with Gasteiger partial charge in [0.05, 0.1) is 14.2 Å². The van der Waals surface area contributed by atoms with Gasteiger partial charge in [-0.2, -0.15) is 0 Å². The van der Waals surface area contributed by atoms with E-state index in [1.54, 1.807) is 44.2 Å². The van der Waals surface area contributed by atoms with E-state index < -0.39 is 6.04 Å². The molecule has 2 amide bonds. The number of halogens is 1. The lowest BCUT2D eigenvalue weighted by atomic mass is 10.1. The van der Waals surface area contributed by atoms with E-state index in [1.165, 1.54) is 12.1 Å². The standard InChI is InChI=1S/C25H33FN2O4/c1-6-17(2)27-25(30)18(3)28(16-20-7-11-21(26)12-8-20)24(29)14-10-19-9-13-22(31-4)23(15-19)32-5/h7-9,11-13,15,17-18H,6,10,14,16H2,1-5H3,(H,27,30)/t17-,18+/m1/s1. The van der Waals surface area contributed by atoms with Crippen LogP contribution in [-0.2, 0) is 22.6 Å². The Labute approximate surface area is 189 Å². The van der Waals surface area contributed by atoms with Crippen molar-refractivity contribution < 1.29 is 23.5 Å². The average molecular weight is 445 g/mol. The molecule has 2 aromatic rings. The van der Waals surface area contributed by atoms with Gasteiger partial charge in [-0.05, 0) is 62.1 Å². The molecule has 0 aromatic heterocycles. The van der Waals surface area contributed by atoms with E-state index in [4.69, 9.17) is 9.47 Å². The summed E-state index contributed by atoms with van der Waals surface area (Å²) in [6, 6.07) is 10.8. The summed E-state index contributed by atoms with van der Waals surface area (Å²) in [6.07, 6.45) is 1.50. The van der Waals surface area contributed by atoms with Crippen LogP contribution in [0.25, 0.3) is 0 Å². The fourth-order valence-corrected chi connectivity index (χ4v) is 3.27. The lowest BCUT2D eigenvalue weighted by molar-refractivity contribution is -0.140. The first-order valence-corrected chi connectivity index (χ1v) is 10.8. The van der Waals surface area contributed by atoms with Crippen LogP contribution >= 0.6 is 0 Å². The zero-order valence-electron chi connectivity index (χ0n) is 19.5. The van der Waals surface area contributed by atoms with Crippen molar-refractivity contribution in [3.63, 3.8) is 0 Å². The van der Waals surface area contributed by atoms with Gasteiger partial charge in [0.2, 0.25) is 11.8 Å². The first kappa shape index (κ1) is 25.2. The molecule has 0 aliphatic rings. The van der Waals surface area contributed by atoms with Crippen LogP contribution in [0.5, 0.6) is 11.5 Å². The second-order valence-corrected chi connectivity index (χ2v) is 7.83. The Bertz CT molecular complexity index is 901. The highest BCUT2D eigenvalue weighted by Crippen LogP contribution is 2.28. The van der Waals surface area contributed by atoms with Crippen LogP contribution in [0.1, 0.15) is 44.7 Å². The summed E-state index contributed by atoms with van der Waals surface area (Å²) in [5.41, 5.74) is 1.68. The average Bonchev–Trinajstić information content (AvgIpc) is 2.81. The molecular formula is C25H33FN2O4. The van der Waals surface area contributed by atoms with E-state index in [9.17, 15) is 14.0 Å². The Hall–Kier alpha value is -3.09. The molecule has 0 unspecified atom stereocenters. The number of hydrogen-bond donors (Lipinski definition) is 1.